The quantitative estimate of drug-likeness (QED) is 0.246. The molecule has 2 aromatic rings. The molecule has 2 aromatic carbocycles. The summed E-state index contributed by atoms with van der Waals surface area (Å²) < 4.78 is 82.0. The molecule has 0 unspecified atom stereocenters. The first-order chi connectivity index (χ1) is 15.8. The normalized spacial score (nSPS) is 12.7. The fourth-order valence-electron chi connectivity index (χ4n) is 3.12. The third-order valence-corrected chi connectivity index (χ3v) is 5.25. The Balaban J connectivity index is 2.16. The van der Waals surface area contributed by atoms with Crippen molar-refractivity contribution < 1.29 is 50.3 Å². The third-order valence-electron chi connectivity index (χ3n) is 5.25. The van der Waals surface area contributed by atoms with Gasteiger partial charge in [0.2, 0.25) is 11.6 Å². The van der Waals surface area contributed by atoms with Crippen LogP contribution in [0.4, 0.5) is 26.3 Å². The summed E-state index contributed by atoms with van der Waals surface area (Å²) in [5.41, 5.74) is -4.97. The predicted molar refractivity (Wildman–Crippen MR) is 111 cm³/mol. The van der Waals surface area contributed by atoms with Gasteiger partial charge in [-0.25, -0.2) is 0 Å². The van der Waals surface area contributed by atoms with Crippen LogP contribution in [-0.2, 0) is 9.59 Å². The minimum Gasteiger partial charge on any atom is -0.457 e. The third kappa shape index (κ3) is 5.95. The van der Waals surface area contributed by atoms with Gasteiger partial charge in [-0.3, -0.25) is 19.2 Å². The minimum atomic E-state index is -5.18. The van der Waals surface area contributed by atoms with Gasteiger partial charge in [-0.05, 0) is 76.2 Å². The van der Waals surface area contributed by atoms with Gasteiger partial charge in [0.05, 0.1) is 10.8 Å². The molecule has 0 bridgehead atoms. The lowest BCUT2D eigenvalue weighted by molar-refractivity contribution is -0.178. The van der Waals surface area contributed by atoms with Gasteiger partial charge in [-0.1, -0.05) is 0 Å². The fraction of sp³-hybridized carbons (Fsp3) is 0.333. The highest BCUT2D eigenvalue weighted by molar-refractivity contribution is 6.16. The van der Waals surface area contributed by atoms with E-state index in [1.807, 2.05) is 0 Å². The second kappa shape index (κ2) is 9.27. The number of benzene rings is 2. The average Bonchev–Trinajstić information content (AvgIpc) is 2.76. The molecule has 2 rings (SSSR count). The number of hydrogen-bond acceptors (Lipinski definition) is 5. The summed E-state index contributed by atoms with van der Waals surface area (Å²) in [4.78, 5) is 48.0. The number of ether oxygens (including phenoxy) is 1. The summed E-state index contributed by atoms with van der Waals surface area (Å²) >= 11 is 0. The van der Waals surface area contributed by atoms with E-state index in [1.165, 1.54) is 48.5 Å². The van der Waals surface area contributed by atoms with Gasteiger partial charge in [-0.2, -0.15) is 26.3 Å². The molecule has 0 atom stereocenters. The number of alkyl halides is 6. The van der Waals surface area contributed by atoms with Crippen molar-refractivity contribution in [3.8, 4) is 11.5 Å². The number of Topliss-reactive ketones (excluding diaryl/α,β-unsaturated/α-hetero) is 4. The Hall–Kier alpha value is -3.50. The van der Waals surface area contributed by atoms with E-state index in [1.54, 1.807) is 0 Å². The topological polar surface area (TPSA) is 77.5 Å². The zero-order chi connectivity index (χ0) is 27.0. The molecule has 0 N–H and O–H groups in total. The van der Waals surface area contributed by atoms with Crippen LogP contribution in [0.25, 0.3) is 0 Å². The molecule has 0 aliphatic heterocycles. The van der Waals surface area contributed by atoms with Gasteiger partial charge in [0, 0.05) is 11.1 Å². The van der Waals surface area contributed by atoms with Crippen LogP contribution in [0.3, 0.4) is 0 Å². The highest BCUT2D eigenvalue weighted by atomic mass is 19.4. The van der Waals surface area contributed by atoms with Crippen molar-refractivity contribution in [1.82, 2.24) is 0 Å². The average molecular weight is 502 g/mol. The van der Waals surface area contributed by atoms with Gasteiger partial charge in [0.25, 0.3) is 0 Å². The summed E-state index contributed by atoms with van der Waals surface area (Å²) in [6, 6.07) is 9.77. The van der Waals surface area contributed by atoms with Crippen molar-refractivity contribution in [3.63, 3.8) is 0 Å². The summed E-state index contributed by atoms with van der Waals surface area (Å²) in [5.74, 6) is -6.13. The fourth-order valence-corrected chi connectivity index (χ4v) is 3.12. The molecule has 0 aromatic heterocycles. The van der Waals surface area contributed by atoms with Crippen molar-refractivity contribution in [2.75, 3.05) is 0 Å². The SMILES string of the molecule is CC(C)(C(=O)c1ccc(Oc2ccc(C(=O)C(C)(C)C(=O)C(F)(F)F)cc2)cc1)C(=O)C(F)(F)F. The summed E-state index contributed by atoms with van der Waals surface area (Å²) in [7, 11) is 0. The number of carbonyl (C=O) groups excluding carboxylic acids is 4. The second-order valence-electron chi connectivity index (χ2n) is 8.71. The van der Waals surface area contributed by atoms with Crippen molar-refractivity contribution in [3.05, 3.63) is 59.7 Å². The van der Waals surface area contributed by atoms with Crippen LogP contribution in [0.5, 0.6) is 11.5 Å². The molecular formula is C24H20F6O5. The monoisotopic (exact) mass is 502 g/mol. The number of carbonyl (C=O) groups is 4. The lowest BCUT2D eigenvalue weighted by Crippen LogP contribution is -2.42. The van der Waals surface area contributed by atoms with E-state index in [0.717, 1.165) is 27.7 Å². The molecule has 0 heterocycles. The molecule has 0 saturated heterocycles. The molecular weight excluding hydrogens is 482 g/mol. The van der Waals surface area contributed by atoms with Crippen LogP contribution in [0.2, 0.25) is 0 Å². The first-order valence-electron chi connectivity index (χ1n) is 10.0. The van der Waals surface area contributed by atoms with E-state index in [0.29, 0.717) is 0 Å². The van der Waals surface area contributed by atoms with Crippen LogP contribution in [0.1, 0.15) is 48.4 Å². The van der Waals surface area contributed by atoms with Crippen molar-refractivity contribution >= 4 is 23.1 Å². The van der Waals surface area contributed by atoms with E-state index >= 15 is 0 Å². The van der Waals surface area contributed by atoms with Crippen LogP contribution in [0.15, 0.2) is 48.5 Å². The molecule has 0 aliphatic rings. The lowest BCUT2D eigenvalue weighted by Gasteiger charge is -2.23. The molecule has 11 heteroatoms. The molecule has 188 valence electrons. The second-order valence-corrected chi connectivity index (χ2v) is 8.71. The number of ketones is 4. The minimum absolute atomic E-state index is 0.146. The standard InChI is InChI=1S/C24H20F6O5/c1-21(2,19(33)23(25,26)27)17(31)13-5-9-15(10-6-13)35-16-11-7-14(8-12-16)18(32)22(3,4)20(34)24(28,29)30/h5-12H,1-4H3. The van der Waals surface area contributed by atoms with Crippen LogP contribution >= 0.6 is 0 Å². The van der Waals surface area contributed by atoms with E-state index in [2.05, 4.69) is 0 Å². The maximum atomic E-state index is 12.8. The summed E-state index contributed by atoms with van der Waals surface area (Å²) in [5, 5.41) is 0. The van der Waals surface area contributed by atoms with Gasteiger partial charge < -0.3 is 4.74 Å². The maximum Gasteiger partial charge on any atom is 0.451 e. The lowest BCUT2D eigenvalue weighted by atomic mass is 9.80. The van der Waals surface area contributed by atoms with Crippen LogP contribution in [-0.4, -0.2) is 35.5 Å². The Morgan fingerprint density at radius 3 is 1.03 bits per heavy atom. The first-order valence-corrected chi connectivity index (χ1v) is 10.0. The van der Waals surface area contributed by atoms with Crippen molar-refractivity contribution in [2.24, 2.45) is 10.8 Å². The van der Waals surface area contributed by atoms with Gasteiger partial charge >= 0.3 is 12.4 Å². The van der Waals surface area contributed by atoms with Crippen molar-refractivity contribution in [2.45, 2.75) is 40.0 Å². The van der Waals surface area contributed by atoms with E-state index < -0.39 is 46.3 Å². The smallest absolute Gasteiger partial charge is 0.451 e. The Bertz CT molecular complexity index is 1050. The Labute approximate surface area is 196 Å². The highest BCUT2D eigenvalue weighted by Gasteiger charge is 2.52. The Kier molecular flexibility index (Phi) is 7.35. The van der Waals surface area contributed by atoms with E-state index in [4.69, 9.17) is 4.74 Å². The number of hydrogen-bond donors (Lipinski definition) is 0. The Morgan fingerprint density at radius 1 is 0.543 bits per heavy atom. The summed E-state index contributed by atoms with van der Waals surface area (Å²) in [6.07, 6.45) is -10.4. The molecule has 0 spiro atoms. The molecule has 0 radical (unpaired) electrons. The number of rotatable bonds is 8. The largest absolute Gasteiger partial charge is 0.457 e. The zero-order valence-corrected chi connectivity index (χ0v) is 18.9. The van der Waals surface area contributed by atoms with Crippen LogP contribution in [0, 0.1) is 10.8 Å². The van der Waals surface area contributed by atoms with Gasteiger partial charge in [-0.15, -0.1) is 0 Å². The van der Waals surface area contributed by atoms with Gasteiger partial charge in [0.15, 0.2) is 11.6 Å². The van der Waals surface area contributed by atoms with E-state index in [9.17, 15) is 45.5 Å². The molecule has 0 amide bonds. The van der Waals surface area contributed by atoms with E-state index in [-0.39, 0.29) is 22.6 Å². The molecule has 5 nitrogen and oxygen atoms in total. The molecule has 35 heavy (non-hydrogen) atoms. The Morgan fingerprint density at radius 2 is 0.800 bits per heavy atom. The van der Waals surface area contributed by atoms with Gasteiger partial charge in [0.1, 0.15) is 11.5 Å². The number of halogens is 6. The molecule has 0 fully saturated rings. The molecule has 0 saturated carbocycles. The van der Waals surface area contributed by atoms with Crippen molar-refractivity contribution in [1.29, 1.82) is 0 Å². The summed E-state index contributed by atoms with van der Waals surface area (Å²) in [6.45, 7) is 3.51. The first kappa shape index (κ1) is 27.7. The highest BCUT2D eigenvalue weighted by Crippen LogP contribution is 2.34. The zero-order valence-electron chi connectivity index (χ0n) is 18.9. The molecule has 0 aliphatic carbocycles. The predicted octanol–water partition coefficient (Wildman–Crippen LogP) is 6.16. The van der Waals surface area contributed by atoms with Crippen LogP contribution < -0.4 is 4.74 Å². The maximum absolute atomic E-state index is 12.8.